The van der Waals surface area contributed by atoms with Crippen molar-refractivity contribution in [1.29, 1.82) is 0 Å². The topological polar surface area (TPSA) is 59.7 Å². The van der Waals surface area contributed by atoms with Crippen LogP contribution in [0.25, 0.3) is 0 Å². The number of halogens is 2. The number of hydrogen-bond acceptors (Lipinski definition) is 3. The van der Waals surface area contributed by atoms with Crippen LogP contribution in [0.5, 0.6) is 0 Å². The molecule has 2 aromatic heterocycles. The number of aryl methyl sites for hydroxylation is 1. The lowest BCUT2D eigenvalue weighted by Gasteiger charge is -2.07. The molecule has 2 heterocycles. The lowest BCUT2D eigenvalue weighted by molar-refractivity contribution is 0.643. The highest BCUT2D eigenvalue weighted by Crippen LogP contribution is 2.14. The van der Waals surface area contributed by atoms with E-state index in [9.17, 15) is 0 Å². The molecule has 0 bridgehead atoms. The Morgan fingerprint density at radius 2 is 1.88 bits per heavy atom. The minimum Gasteiger partial charge on any atom is -0.357 e. The quantitative estimate of drug-likeness (QED) is 0.604. The van der Waals surface area contributed by atoms with E-state index in [0.717, 1.165) is 22.8 Å². The molecule has 0 aliphatic rings. The van der Waals surface area contributed by atoms with Crippen LogP contribution in [0.15, 0.2) is 42.7 Å². The summed E-state index contributed by atoms with van der Waals surface area (Å²) in [6.45, 7) is 3.88. The van der Waals surface area contributed by atoms with E-state index in [-0.39, 0.29) is 0 Å². The van der Waals surface area contributed by atoms with Crippen molar-refractivity contribution in [3.8, 4) is 0 Å². The molecular weight excluding hydrogens is 391 g/mol. The first-order valence-corrected chi connectivity index (χ1v) is 9.24. The van der Waals surface area contributed by atoms with Crippen LogP contribution in [0.4, 0.5) is 5.82 Å². The van der Waals surface area contributed by atoms with Gasteiger partial charge in [0.1, 0.15) is 5.69 Å². The Morgan fingerprint density at radius 3 is 2.58 bits per heavy atom. The molecule has 0 radical (unpaired) electrons. The van der Waals surface area contributed by atoms with Crippen molar-refractivity contribution in [2.45, 2.75) is 26.6 Å². The normalized spacial score (nSPS) is 10.7. The Morgan fingerprint density at radius 1 is 1.12 bits per heavy atom. The third-order valence-corrected chi connectivity index (χ3v) is 4.48. The molecule has 2 N–H and O–H groups in total. The smallest absolute Gasteiger partial charge is 0.172 e. The zero-order chi connectivity index (χ0) is 18.5. The highest BCUT2D eigenvalue weighted by molar-refractivity contribution is 7.80. The summed E-state index contributed by atoms with van der Waals surface area (Å²) < 4.78 is 3.61. The van der Waals surface area contributed by atoms with Gasteiger partial charge in [-0.15, -0.1) is 0 Å². The van der Waals surface area contributed by atoms with Crippen molar-refractivity contribution in [2.75, 3.05) is 5.32 Å². The molecule has 0 unspecified atom stereocenters. The largest absolute Gasteiger partial charge is 0.357 e. The number of anilines is 1. The summed E-state index contributed by atoms with van der Waals surface area (Å²) in [6.07, 6.45) is 3.69. The standard InChI is InChI=1S/C17H18Cl2N6S/c1-2-24-11-14(19)15(22-24)9-20-17(26)21-16-7-8-25(23-16)10-12-3-5-13(18)6-4-12/h3-8,11H,2,9-10H2,1H3,(H2,20,21,23,26). The second-order valence-corrected chi connectivity index (χ2v) is 6.86. The first-order chi connectivity index (χ1) is 12.5. The number of nitrogens with zero attached hydrogens (tertiary/aromatic N) is 4. The molecule has 0 fully saturated rings. The summed E-state index contributed by atoms with van der Waals surface area (Å²) in [4.78, 5) is 0. The van der Waals surface area contributed by atoms with Gasteiger partial charge in [0.25, 0.3) is 0 Å². The lowest BCUT2D eigenvalue weighted by atomic mass is 10.2. The van der Waals surface area contributed by atoms with E-state index >= 15 is 0 Å². The number of hydrogen-bond donors (Lipinski definition) is 2. The number of benzene rings is 1. The van der Waals surface area contributed by atoms with Gasteiger partial charge in [-0.25, -0.2) is 0 Å². The second-order valence-electron chi connectivity index (χ2n) is 5.61. The van der Waals surface area contributed by atoms with E-state index < -0.39 is 0 Å². The van der Waals surface area contributed by atoms with Gasteiger partial charge in [0.15, 0.2) is 10.9 Å². The van der Waals surface area contributed by atoms with Gasteiger partial charge in [0.05, 0.1) is 18.1 Å². The molecule has 6 nitrogen and oxygen atoms in total. The monoisotopic (exact) mass is 408 g/mol. The zero-order valence-electron chi connectivity index (χ0n) is 14.1. The van der Waals surface area contributed by atoms with Crippen LogP contribution in [0.2, 0.25) is 10.0 Å². The Labute approximate surface area is 167 Å². The second kappa shape index (κ2) is 8.53. The molecule has 0 aliphatic heterocycles. The van der Waals surface area contributed by atoms with E-state index in [1.165, 1.54) is 0 Å². The number of aromatic nitrogens is 4. The minimum absolute atomic E-state index is 0.448. The predicted octanol–water partition coefficient (Wildman–Crippen LogP) is 3.94. The van der Waals surface area contributed by atoms with Gasteiger partial charge in [-0.1, -0.05) is 35.3 Å². The fraction of sp³-hybridized carbons (Fsp3) is 0.235. The highest BCUT2D eigenvalue weighted by atomic mass is 35.5. The van der Waals surface area contributed by atoms with Gasteiger partial charge < -0.3 is 10.6 Å². The molecule has 136 valence electrons. The first-order valence-electron chi connectivity index (χ1n) is 8.08. The van der Waals surface area contributed by atoms with Crippen molar-refractivity contribution < 1.29 is 0 Å². The van der Waals surface area contributed by atoms with Crippen molar-refractivity contribution >= 4 is 46.4 Å². The fourth-order valence-electron chi connectivity index (χ4n) is 2.34. The van der Waals surface area contributed by atoms with Crippen LogP contribution in [-0.2, 0) is 19.6 Å². The minimum atomic E-state index is 0.448. The molecule has 0 spiro atoms. The Balaban J connectivity index is 1.52. The van der Waals surface area contributed by atoms with E-state index in [1.54, 1.807) is 10.9 Å². The average molecular weight is 409 g/mol. The van der Waals surface area contributed by atoms with Crippen LogP contribution in [0.3, 0.4) is 0 Å². The maximum absolute atomic E-state index is 6.15. The maximum Gasteiger partial charge on any atom is 0.172 e. The van der Waals surface area contributed by atoms with Crippen LogP contribution in [0, 0.1) is 0 Å². The average Bonchev–Trinajstić information content (AvgIpc) is 3.21. The molecule has 1 aromatic carbocycles. The summed E-state index contributed by atoms with van der Waals surface area (Å²) in [5.41, 5.74) is 1.87. The van der Waals surface area contributed by atoms with Crippen molar-refractivity contribution in [1.82, 2.24) is 24.9 Å². The first kappa shape index (κ1) is 18.7. The van der Waals surface area contributed by atoms with Crippen LogP contribution in [-0.4, -0.2) is 24.7 Å². The number of nitrogens with one attached hydrogen (secondary N) is 2. The van der Waals surface area contributed by atoms with Crippen LogP contribution < -0.4 is 10.6 Å². The lowest BCUT2D eigenvalue weighted by Crippen LogP contribution is -2.28. The van der Waals surface area contributed by atoms with Gasteiger partial charge in [0, 0.05) is 30.0 Å². The highest BCUT2D eigenvalue weighted by Gasteiger charge is 2.08. The predicted molar refractivity (Wildman–Crippen MR) is 109 cm³/mol. The molecule has 0 atom stereocenters. The Hall–Kier alpha value is -2.09. The summed E-state index contributed by atoms with van der Waals surface area (Å²) in [5, 5.41) is 16.8. The fourth-order valence-corrected chi connectivity index (χ4v) is 2.86. The maximum atomic E-state index is 6.15. The van der Waals surface area contributed by atoms with Crippen LogP contribution >= 0.6 is 35.4 Å². The van der Waals surface area contributed by atoms with E-state index in [0.29, 0.717) is 29.0 Å². The molecular formula is C17H18Cl2N6S. The molecule has 0 aliphatic carbocycles. The molecule has 26 heavy (non-hydrogen) atoms. The number of thiocarbonyl (C=S) groups is 1. The SMILES string of the molecule is CCn1cc(Cl)c(CNC(=S)Nc2ccn(Cc3ccc(Cl)cc3)n2)n1. The Kier molecular flexibility index (Phi) is 6.13. The Bertz CT molecular complexity index is 887. The summed E-state index contributed by atoms with van der Waals surface area (Å²) in [5.74, 6) is 0.668. The zero-order valence-corrected chi connectivity index (χ0v) is 16.4. The van der Waals surface area contributed by atoms with E-state index in [1.807, 2.05) is 48.1 Å². The molecule has 9 heteroatoms. The van der Waals surface area contributed by atoms with Gasteiger partial charge >= 0.3 is 0 Å². The summed E-state index contributed by atoms with van der Waals surface area (Å²) in [7, 11) is 0. The summed E-state index contributed by atoms with van der Waals surface area (Å²) in [6, 6.07) is 9.54. The van der Waals surface area contributed by atoms with Gasteiger partial charge in [-0.2, -0.15) is 10.2 Å². The molecule has 0 saturated heterocycles. The van der Waals surface area contributed by atoms with Gasteiger partial charge in [-0.3, -0.25) is 9.36 Å². The third kappa shape index (κ3) is 4.97. The van der Waals surface area contributed by atoms with Gasteiger partial charge in [-0.05, 0) is 36.8 Å². The molecule has 0 saturated carbocycles. The third-order valence-electron chi connectivity index (χ3n) is 3.67. The molecule has 3 aromatic rings. The molecule has 0 amide bonds. The van der Waals surface area contributed by atoms with Crippen molar-refractivity contribution in [3.63, 3.8) is 0 Å². The van der Waals surface area contributed by atoms with Crippen molar-refractivity contribution in [3.05, 3.63) is 64.0 Å². The molecule has 3 rings (SSSR count). The van der Waals surface area contributed by atoms with Crippen molar-refractivity contribution in [2.24, 2.45) is 0 Å². The van der Waals surface area contributed by atoms with E-state index in [2.05, 4.69) is 20.8 Å². The number of rotatable bonds is 6. The van der Waals surface area contributed by atoms with Gasteiger partial charge in [0.2, 0.25) is 0 Å². The van der Waals surface area contributed by atoms with Crippen LogP contribution in [0.1, 0.15) is 18.2 Å². The summed E-state index contributed by atoms with van der Waals surface area (Å²) >= 11 is 17.4. The van der Waals surface area contributed by atoms with E-state index in [4.69, 9.17) is 35.4 Å².